The van der Waals surface area contributed by atoms with Gasteiger partial charge in [0.1, 0.15) is 5.58 Å². The normalized spacial score (nSPS) is 11.8. The molecule has 4 nitrogen and oxygen atoms in total. The first-order chi connectivity index (χ1) is 31.4. The van der Waals surface area contributed by atoms with Gasteiger partial charge < -0.3 is 14.0 Å². The second-order valence-electron chi connectivity index (χ2n) is 18.6. The SMILES string of the molecule is CC(C)c1cc(-c2ccccc2)cc(C(C)C)c1-n1c(-c2[c-]ccc3c2oc2cc4c(ccc5ccccc54)cc23)nc2ccccc21.C[Si](C)(C)c1ccc(-c2[c-]cc(F)cc2)nc1.[Ir]. The third-order valence-corrected chi connectivity index (χ3v) is 14.5. The molecular formula is C59H50FIrN3OSi-2. The third-order valence-electron chi connectivity index (χ3n) is 12.5. The van der Waals surface area contributed by atoms with E-state index in [1.807, 2.05) is 18.3 Å². The molecule has 7 heteroatoms. The molecule has 3 aromatic heterocycles. The van der Waals surface area contributed by atoms with E-state index in [1.54, 1.807) is 6.07 Å². The van der Waals surface area contributed by atoms with E-state index in [9.17, 15) is 4.39 Å². The molecule has 11 aromatic rings. The number of halogens is 1. The van der Waals surface area contributed by atoms with Crippen LogP contribution in [0.3, 0.4) is 0 Å². The van der Waals surface area contributed by atoms with Gasteiger partial charge in [0, 0.05) is 43.2 Å². The Labute approximate surface area is 400 Å². The molecule has 1 radical (unpaired) electrons. The average molecular weight is 1060 g/mol. The summed E-state index contributed by atoms with van der Waals surface area (Å²) < 4.78 is 22.0. The van der Waals surface area contributed by atoms with Crippen LogP contribution in [0.2, 0.25) is 19.6 Å². The number of para-hydroxylation sites is 2. The maximum absolute atomic E-state index is 12.8. The van der Waals surface area contributed by atoms with Crippen molar-refractivity contribution >= 4 is 67.8 Å². The first-order valence-electron chi connectivity index (χ1n) is 22.5. The zero-order chi connectivity index (χ0) is 45.0. The zero-order valence-electron chi connectivity index (χ0n) is 38.2. The summed E-state index contributed by atoms with van der Waals surface area (Å²) in [5, 5.41) is 8.34. The first-order valence-corrected chi connectivity index (χ1v) is 26.0. The van der Waals surface area contributed by atoms with E-state index < -0.39 is 8.07 Å². The summed E-state index contributed by atoms with van der Waals surface area (Å²) in [4.78, 5) is 9.75. The van der Waals surface area contributed by atoms with Crippen molar-refractivity contribution in [2.24, 2.45) is 0 Å². The minimum atomic E-state index is -1.30. The average Bonchev–Trinajstić information content (AvgIpc) is 3.89. The van der Waals surface area contributed by atoms with Gasteiger partial charge in [0.2, 0.25) is 0 Å². The van der Waals surface area contributed by atoms with Crippen LogP contribution in [-0.4, -0.2) is 22.6 Å². The van der Waals surface area contributed by atoms with E-state index in [1.165, 1.54) is 66.8 Å². The third kappa shape index (κ3) is 8.32. The Morgan fingerprint density at radius 3 is 2.05 bits per heavy atom. The summed E-state index contributed by atoms with van der Waals surface area (Å²) in [6.45, 7) is 16.0. The summed E-state index contributed by atoms with van der Waals surface area (Å²) in [7, 11) is -1.30. The Morgan fingerprint density at radius 1 is 0.636 bits per heavy atom. The van der Waals surface area contributed by atoms with Gasteiger partial charge in [-0.2, -0.15) is 0 Å². The standard InChI is InChI=1S/C45H35N2O.C14H15FNSi.Ir/c1-27(2)36-24-32(29-13-6-5-7-14-29)25-37(28(3)4)43(36)47-41-20-11-10-19-40(41)46-45(47)35-18-12-17-34-39-23-31-22-21-30-15-8-9-16-33(30)38(31)26-42(39)48-44(34)35;1-17(2,3)13-8-9-14(16-10-13)11-4-6-12(15)7-5-11;/h5-17,19-28H,1-4H3;4,6-10H,1-3H3;/q2*-1;. The Kier molecular flexibility index (Phi) is 12.2. The van der Waals surface area contributed by atoms with Crippen molar-refractivity contribution in [1.29, 1.82) is 0 Å². The number of nitrogens with zero attached hydrogens (tertiary/aromatic N) is 3. The summed E-state index contributed by atoms with van der Waals surface area (Å²) in [5.41, 5.74) is 12.5. The second-order valence-corrected chi connectivity index (χ2v) is 23.7. The van der Waals surface area contributed by atoms with Gasteiger partial charge in [-0.1, -0.05) is 149 Å². The fourth-order valence-electron chi connectivity index (χ4n) is 9.01. The molecule has 0 bridgehead atoms. The van der Waals surface area contributed by atoms with Crippen LogP contribution in [0, 0.1) is 17.9 Å². The molecule has 0 aliphatic rings. The molecule has 0 fully saturated rings. The quantitative estimate of drug-likeness (QED) is 0.0908. The first kappa shape index (κ1) is 44.7. The Morgan fingerprint density at radius 2 is 1.35 bits per heavy atom. The van der Waals surface area contributed by atoms with Crippen molar-refractivity contribution in [3.05, 3.63) is 193 Å². The van der Waals surface area contributed by atoms with Crippen LogP contribution in [-0.2, 0) is 20.1 Å². The van der Waals surface area contributed by atoms with Gasteiger partial charge in [0.15, 0.2) is 0 Å². The van der Waals surface area contributed by atoms with Crippen molar-refractivity contribution in [1.82, 2.24) is 14.5 Å². The van der Waals surface area contributed by atoms with Gasteiger partial charge in [-0.05, 0) is 103 Å². The molecule has 0 aliphatic carbocycles. The van der Waals surface area contributed by atoms with E-state index in [-0.39, 0.29) is 37.8 Å². The van der Waals surface area contributed by atoms with E-state index in [0.717, 1.165) is 55.6 Å². The van der Waals surface area contributed by atoms with E-state index in [2.05, 4.69) is 196 Å². The summed E-state index contributed by atoms with van der Waals surface area (Å²) in [5.74, 6) is 1.13. The van der Waals surface area contributed by atoms with E-state index in [0.29, 0.717) is 0 Å². The second kappa shape index (κ2) is 18.1. The monoisotopic (exact) mass is 1060 g/mol. The number of benzene rings is 8. The number of hydrogen-bond donors (Lipinski definition) is 0. The molecule has 0 atom stereocenters. The van der Waals surface area contributed by atoms with E-state index >= 15 is 0 Å². The number of hydrogen-bond acceptors (Lipinski definition) is 3. The number of imidazole rings is 1. The fourth-order valence-corrected chi connectivity index (χ4v) is 10.0. The van der Waals surface area contributed by atoms with Crippen molar-refractivity contribution in [3.8, 4) is 39.5 Å². The van der Waals surface area contributed by atoms with Crippen LogP contribution in [0.4, 0.5) is 4.39 Å². The molecule has 0 saturated carbocycles. The van der Waals surface area contributed by atoms with Crippen LogP contribution in [0.5, 0.6) is 0 Å². The predicted molar refractivity (Wildman–Crippen MR) is 273 cm³/mol. The van der Waals surface area contributed by atoms with Gasteiger partial charge in [-0.15, -0.1) is 48.0 Å². The minimum absolute atomic E-state index is 0. The number of furan rings is 1. The molecule has 11 rings (SSSR count). The molecule has 8 aromatic carbocycles. The van der Waals surface area contributed by atoms with Gasteiger partial charge in [0.05, 0.1) is 30.5 Å². The topological polar surface area (TPSA) is 43.9 Å². The number of rotatable bonds is 7. The molecule has 3 heterocycles. The number of aromatic nitrogens is 3. The summed E-state index contributed by atoms with van der Waals surface area (Å²) in [6, 6.07) is 60.5. The fraction of sp³-hybridized carbons (Fsp3) is 0.153. The summed E-state index contributed by atoms with van der Waals surface area (Å²) in [6.07, 6.45) is 1.93. The molecular weight excluding hydrogens is 1010 g/mol. The smallest absolute Gasteiger partial charge is 0.121 e. The zero-order valence-corrected chi connectivity index (χ0v) is 41.6. The molecule has 329 valence electrons. The molecule has 66 heavy (non-hydrogen) atoms. The number of fused-ring (bicyclic) bond motifs is 7. The van der Waals surface area contributed by atoms with Crippen molar-refractivity contribution in [3.63, 3.8) is 0 Å². The largest absolute Gasteiger partial charge is 0.501 e. The van der Waals surface area contributed by atoms with Gasteiger partial charge >= 0.3 is 0 Å². The molecule has 0 unspecified atom stereocenters. The molecule has 0 saturated heterocycles. The van der Waals surface area contributed by atoms with Crippen LogP contribution in [0.15, 0.2) is 168 Å². The summed E-state index contributed by atoms with van der Waals surface area (Å²) >= 11 is 0. The Bertz CT molecular complexity index is 3500. The maximum atomic E-state index is 12.8. The Hall–Kier alpha value is -6.50. The minimum Gasteiger partial charge on any atom is -0.501 e. The van der Waals surface area contributed by atoms with Crippen LogP contribution >= 0.6 is 0 Å². The molecule has 0 amide bonds. The number of pyridine rings is 1. The predicted octanol–water partition coefficient (Wildman–Crippen LogP) is 15.8. The van der Waals surface area contributed by atoms with Gasteiger partial charge in [-0.25, -0.2) is 0 Å². The Balaban J connectivity index is 0.000000257. The van der Waals surface area contributed by atoms with Crippen molar-refractivity contribution < 1.29 is 28.9 Å². The maximum Gasteiger partial charge on any atom is 0.121 e. The van der Waals surface area contributed by atoms with E-state index in [4.69, 9.17) is 9.40 Å². The molecule has 0 aliphatic heterocycles. The van der Waals surface area contributed by atoms with Crippen molar-refractivity contribution in [2.75, 3.05) is 0 Å². The van der Waals surface area contributed by atoms with Gasteiger partial charge in [0.25, 0.3) is 0 Å². The van der Waals surface area contributed by atoms with Crippen molar-refractivity contribution in [2.45, 2.75) is 59.2 Å². The molecule has 0 spiro atoms. The van der Waals surface area contributed by atoms with Crippen LogP contribution in [0.1, 0.15) is 50.7 Å². The van der Waals surface area contributed by atoms with Crippen LogP contribution < -0.4 is 5.19 Å². The van der Waals surface area contributed by atoms with Crippen LogP contribution in [0.25, 0.3) is 94.0 Å². The van der Waals surface area contributed by atoms with Gasteiger partial charge in [-0.3, -0.25) is 9.37 Å². The molecule has 0 N–H and O–H groups in total.